The number of aromatic nitrogens is 1. The van der Waals surface area contributed by atoms with Gasteiger partial charge in [-0.2, -0.15) is 0 Å². The van der Waals surface area contributed by atoms with Crippen LogP contribution >= 0.6 is 11.3 Å². The van der Waals surface area contributed by atoms with Gasteiger partial charge >= 0.3 is 0 Å². The molecule has 0 aliphatic heterocycles. The molecule has 1 aromatic heterocycles. The number of thiazole rings is 1. The Morgan fingerprint density at radius 2 is 2.12 bits per heavy atom. The van der Waals surface area contributed by atoms with E-state index >= 15 is 0 Å². The van der Waals surface area contributed by atoms with E-state index in [4.69, 9.17) is 4.98 Å². The predicted molar refractivity (Wildman–Crippen MR) is 74.5 cm³/mol. The second-order valence-electron chi connectivity index (χ2n) is 6.23. The Morgan fingerprint density at radius 1 is 1.41 bits per heavy atom. The molecule has 0 spiro atoms. The lowest BCUT2D eigenvalue weighted by Gasteiger charge is -2.42. The maximum Gasteiger partial charge on any atom is 0.0982 e. The highest BCUT2D eigenvalue weighted by atomic mass is 32.1. The fourth-order valence-electron chi connectivity index (χ4n) is 2.27. The number of hydrogen-bond acceptors (Lipinski definition) is 3. The third-order valence-corrected chi connectivity index (χ3v) is 5.14. The molecule has 1 aliphatic rings. The molecular formula is C14H24N2S. The third kappa shape index (κ3) is 2.89. The number of rotatable bonds is 4. The Kier molecular flexibility index (Phi) is 3.60. The minimum Gasteiger partial charge on any atom is -0.306 e. The molecule has 0 radical (unpaired) electrons. The lowest BCUT2D eigenvalue weighted by atomic mass is 9.75. The molecule has 3 heteroatoms. The first-order valence-corrected chi connectivity index (χ1v) is 7.53. The van der Waals surface area contributed by atoms with Gasteiger partial charge in [0, 0.05) is 22.9 Å². The van der Waals surface area contributed by atoms with Crippen molar-refractivity contribution < 1.29 is 0 Å². The fraction of sp³-hybridized carbons (Fsp3) is 0.786. The highest BCUT2D eigenvalue weighted by molar-refractivity contribution is 7.09. The van der Waals surface area contributed by atoms with Crippen molar-refractivity contribution in [2.75, 3.05) is 0 Å². The van der Waals surface area contributed by atoms with E-state index in [-0.39, 0.29) is 5.41 Å². The van der Waals surface area contributed by atoms with Gasteiger partial charge in [0.2, 0.25) is 0 Å². The zero-order chi connectivity index (χ0) is 12.5. The maximum absolute atomic E-state index is 4.73. The molecule has 1 heterocycles. The van der Waals surface area contributed by atoms with E-state index in [0.29, 0.717) is 5.54 Å². The van der Waals surface area contributed by atoms with Gasteiger partial charge in [0.05, 0.1) is 10.7 Å². The second-order valence-corrected chi connectivity index (χ2v) is 7.09. The van der Waals surface area contributed by atoms with Crippen LogP contribution in [-0.4, -0.2) is 10.5 Å². The van der Waals surface area contributed by atoms with Crippen LogP contribution in [0.15, 0.2) is 5.38 Å². The topological polar surface area (TPSA) is 24.9 Å². The Morgan fingerprint density at radius 3 is 2.53 bits per heavy atom. The maximum atomic E-state index is 4.73. The van der Waals surface area contributed by atoms with Crippen molar-refractivity contribution in [2.45, 2.75) is 70.9 Å². The zero-order valence-corrected chi connectivity index (χ0v) is 12.3. The van der Waals surface area contributed by atoms with Crippen LogP contribution in [0.5, 0.6) is 0 Å². The van der Waals surface area contributed by atoms with Crippen molar-refractivity contribution in [1.82, 2.24) is 10.3 Å². The van der Waals surface area contributed by atoms with Crippen molar-refractivity contribution in [3.05, 3.63) is 16.1 Å². The molecule has 0 aromatic carbocycles. The standard InChI is InChI=1S/C14H24N2S/c1-5-14(7-6-8-14)15-9-11-10-17-12(16-11)13(2,3)4/h10,15H,5-9H2,1-4H3. The molecule has 0 bridgehead atoms. The molecule has 0 amide bonds. The van der Waals surface area contributed by atoms with Gasteiger partial charge in [-0.05, 0) is 25.7 Å². The van der Waals surface area contributed by atoms with Crippen LogP contribution in [0.25, 0.3) is 0 Å². The van der Waals surface area contributed by atoms with Crippen LogP contribution < -0.4 is 5.32 Å². The molecule has 0 atom stereocenters. The number of nitrogens with one attached hydrogen (secondary N) is 1. The summed E-state index contributed by atoms with van der Waals surface area (Å²) in [4.78, 5) is 4.73. The van der Waals surface area contributed by atoms with E-state index in [1.54, 1.807) is 11.3 Å². The molecule has 17 heavy (non-hydrogen) atoms. The van der Waals surface area contributed by atoms with Crippen LogP contribution in [0, 0.1) is 0 Å². The van der Waals surface area contributed by atoms with Crippen LogP contribution in [0.1, 0.15) is 64.1 Å². The fourth-order valence-corrected chi connectivity index (χ4v) is 3.18. The summed E-state index contributed by atoms with van der Waals surface area (Å²) in [6.07, 6.45) is 5.29. The van der Waals surface area contributed by atoms with Gasteiger partial charge in [0.1, 0.15) is 0 Å². The molecule has 0 saturated heterocycles. The average Bonchev–Trinajstić information content (AvgIpc) is 2.65. The smallest absolute Gasteiger partial charge is 0.0982 e. The minimum atomic E-state index is 0.182. The molecule has 2 rings (SSSR count). The lowest BCUT2D eigenvalue weighted by molar-refractivity contribution is 0.175. The number of nitrogens with zero attached hydrogens (tertiary/aromatic N) is 1. The minimum absolute atomic E-state index is 0.182. The molecule has 1 N–H and O–H groups in total. The molecule has 1 aromatic rings. The summed E-state index contributed by atoms with van der Waals surface area (Å²) in [6, 6.07) is 0. The van der Waals surface area contributed by atoms with Crippen molar-refractivity contribution in [3.63, 3.8) is 0 Å². The average molecular weight is 252 g/mol. The first kappa shape index (κ1) is 13.0. The largest absolute Gasteiger partial charge is 0.306 e. The highest BCUT2D eigenvalue weighted by Crippen LogP contribution is 2.35. The van der Waals surface area contributed by atoms with E-state index in [9.17, 15) is 0 Å². The first-order valence-electron chi connectivity index (χ1n) is 6.65. The summed E-state index contributed by atoms with van der Waals surface area (Å²) in [7, 11) is 0. The van der Waals surface area contributed by atoms with E-state index in [1.807, 2.05) is 0 Å². The van der Waals surface area contributed by atoms with Crippen molar-refractivity contribution in [1.29, 1.82) is 0 Å². The van der Waals surface area contributed by atoms with Gasteiger partial charge in [-0.3, -0.25) is 0 Å². The summed E-state index contributed by atoms with van der Waals surface area (Å²) in [5.41, 5.74) is 1.81. The van der Waals surface area contributed by atoms with E-state index in [1.165, 1.54) is 36.4 Å². The second kappa shape index (κ2) is 4.69. The quantitative estimate of drug-likeness (QED) is 0.880. The first-order chi connectivity index (χ1) is 7.95. The summed E-state index contributed by atoms with van der Waals surface area (Å²) in [6.45, 7) is 9.89. The van der Waals surface area contributed by atoms with Gasteiger partial charge in [0.15, 0.2) is 0 Å². The predicted octanol–water partition coefficient (Wildman–Crippen LogP) is 3.86. The molecule has 2 nitrogen and oxygen atoms in total. The van der Waals surface area contributed by atoms with E-state index in [0.717, 1.165) is 6.54 Å². The summed E-state index contributed by atoms with van der Waals surface area (Å²) in [5.74, 6) is 0. The molecule has 1 aliphatic carbocycles. The van der Waals surface area contributed by atoms with Crippen molar-refractivity contribution >= 4 is 11.3 Å². The van der Waals surface area contributed by atoms with E-state index in [2.05, 4.69) is 38.4 Å². The summed E-state index contributed by atoms with van der Waals surface area (Å²) in [5, 5.41) is 7.16. The van der Waals surface area contributed by atoms with Gasteiger partial charge in [-0.1, -0.05) is 27.7 Å². The van der Waals surface area contributed by atoms with Gasteiger partial charge < -0.3 is 5.32 Å². The normalized spacial score (nSPS) is 19.1. The molecular weight excluding hydrogens is 228 g/mol. The number of hydrogen-bond donors (Lipinski definition) is 1. The van der Waals surface area contributed by atoms with Crippen molar-refractivity contribution in [3.8, 4) is 0 Å². The Labute approximate surface area is 109 Å². The van der Waals surface area contributed by atoms with Gasteiger partial charge in [-0.15, -0.1) is 11.3 Å². The zero-order valence-electron chi connectivity index (χ0n) is 11.5. The van der Waals surface area contributed by atoms with Crippen LogP contribution in [0.4, 0.5) is 0 Å². The van der Waals surface area contributed by atoms with Crippen LogP contribution in [0.3, 0.4) is 0 Å². The third-order valence-electron chi connectivity index (χ3n) is 3.83. The Balaban J connectivity index is 1.93. The highest BCUT2D eigenvalue weighted by Gasteiger charge is 2.34. The molecule has 0 unspecified atom stereocenters. The molecule has 96 valence electrons. The molecule has 1 saturated carbocycles. The van der Waals surface area contributed by atoms with Crippen LogP contribution in [-0.2, 0) is 12.0 Å². The summed E-state index contributed by atoms with van der Waals surface area (Å²) < 4.78 is 0. The molecule has 1 fully saturated rings. The van der Waals surface area contributed by atoms with E-state index < -0.39 is 0 Å². The van der Waals surface area contributed by atoms with Gasteiger partial charge in [-0.25, -0.2) is 4.98 Å². The van der Waals surface area contributed by atoms with Crippen LogP contribution in [0.2, 0.25) is 0 Å². The Hall–Kier alpha value is -0.410. The monoisotopic (exact) mass is 252 g/mol. The van der Waals surface area contributed by atoms with Gasteiger partial charge in [0.25, 0.3) is 0 Å². The Bertz CT molecular complexity index is 366. The lowest BCUT2D eigenvalue weighted by Crippen LogP contribution is -2.49. The van der Waals surface area contributed by atoms with Crippen molar-refractivity contribution in [2.24, 2.45) is 0 Å². The SMILES string of the molecule is CCC1(NCc2csc(C(C)(C)C)n2)CCC1. The summed E-state index contributed by atoms with van der Waals surface area (Å²) >= 11 is 1.79.